The number of aromatic nitrogens is 2. The molecular weight excluding hydrogens is 210 g/mol. The fourth-order valence-corrected chi connectivity index (χ4v) is 0.823. The summed E-state index contributed by atoms with van der Waals surface area (Å²) in [7, 11) is 0. The molecule has 4 N–H and O–H groups in total. The molecule has 0 bridgehead atoms. The Bertz CT molecular complexity index is 385. The summed E-state index contributed by atoms with van der Waals surface area (Å²) in [6.45, 7) is 0. The van der Waals surface area contributed by atoms with E-state index < -0.39 is 23.6 Å². The molecule has 0 aliphatic carbocycles. The van der Waals surface area contributed by atoms with Gasteiger partial charge in [-0.3, -0.25) is 4.98 Å². The first-order chi connectivity index (χ1) is 6.54. The third-order valence-corrected chi connectivity index (χ3v) is 1.76. The standard InChI is InChI=1S/C6H9N3O4S/c7-3(2-14)5(11)13-9-1-4(10)8-6(9)12/h1,3,10,14H,2,7H2,(H,8,12). The first-order valence-corrected chi connectivity index (χ1v) is 4.27. The van der Waals surface area contributed by atoms with Crippen LogP contribution in [0.2, 0.25) is 0 Å². The number of hydrogen-bond acceptors (Lipinski definition) is 6. The van der Waals surface area contributed by atoms with Gasteiger partial charge in [-0.2, -0.15) is 12.6 Å². The predicted molar refractivity (Wildman–Crippen MR) is 50.1 cm³/mol. The second-order valence-electron chi connectivity index (χ2n) is 2.47. The maximum atomic E-state index is 11.1. The fourth-order valence-electron chi connectivity index (χ4n) is 0.674. The molecule has 1 heterocycles. The fraction of sp³-hybridized carbons (Fsp3) is 0.333. The monoisotopic (exact) mass is 219 g/mol. The number of carbonyl (C=O) groups excluding carboxylic acids is 1. The van der Waals surface area contributed by atoms with Crippen molar-refractivity contribution in [2.45, 2.75) is 6.04 Å². The molecule has 0 saturated carbocycles. The number of carbonyl (C=O) groups is 1. The van der Waals surface area contributed by atoms with Gasteiger partial charge in [0.1, 0.15) is 12.2 Å². The minimum absolute atomic E-state index is 0.101. The number of hydrogen-bond donors (Lipinski definition) is 4. The van der Waals surface area contributed by atoms with Gasteiger partial charge < -0.3 is 15.7 Å². The van der Waals surface area contributed by atoms with E-state index in [4.69, 9.17) is 10.8 Å². The zero-order valence-electron chi connectivity index (χ0n) is 7.01. The van der Waals surface area contributed by atoms with Crippen molar-refractivity contribution in [2.24, 2.45) is 5.73 Å². The van der Waals surface area contributed by atoms with Crippen LogP contribution in [0.3, 0.4) is 0 Å². The van der Waals surface area contributed by atoms with Crippen LogP contribution in [0.25, 0.3) is 0 Å². The molecule has 0 fully saturated rings. The van der Waals surface area contributed by atoms with Gasteiger partial charge in [0.2, 0.25) is 5.88 Å². The molecule has 0 aliphatic heterocycles. The van der Waals surface area contributed by atoms with Gasteiger partial charge in [0.25, 0.3) is 0 Å². The molecule has 8 heteroatoms. The summed E-state index contributed by atoms with van der Waals surface area (Å²) in [4.78, 5) is 28.5. The molecule has 1 unspecified atom stereocenters. The van der Waals surface area contributed by atoms with Crippen LogP contribution in [0.5, 0.6) is 5.88 Å². The van der Waals surface area contributed by atoms with Gasteiger partial charge in [0.15, 0.2) is 0 Å². The topological polar surface area (TPSA) is 110 Å². The number of nitrogens with one attached hydrogen (secondary N) is 1. The Kier molecular flexibility index (Phi) is 3.20. The van der Waals surface area contributed by atoms with Crippen LogP contribution in [-0.2, 0) is 4.79 Å². The van der Waals surface area contributed by atoms with Crippen molar-refractivity contribution in [2.75, 3.05) is 5.75 Å². The van der Waals surface area contributed by atoms with E-state index in [9.17, 15) is 9.59 Å². The summed E-state index contributed by atoms with van der Waals surface area (Å²) < 4.78 is 0.557. The third kappa shape index (κ3) is 2.30. The van der Waals surface area contributed by atoms with Gasteiger partial charge in [-0.15, -0.1) is 4.73 Å². The molecule has 0 radical (unpaired) electrons. The summed E-state index contributed by atoms with van der Waals surface area (Å²) in [5, 5.41) is 8.83. The lowest BCUT2D eigenvalue weighted by atomic mass is 10.4. The van der Waals surface area contributed by atoms with Crippen molar-refractivity contribution >= 4 is 18.6 Å². The number of H-pyrrole nitrogens is 1. The number of rotatable bonds is 3. The van der Waals surface area contributed by atoms with Crippen LogP contribution in [-0.4, -0.2) is 32.6 Å². The van der Waals surface area contributed by atoms with Crippen molar-refractivity contribution in [1.29, 1.82) is 0 Å². The molecule has 0 spiro atoms. The normalized spacial score (nSPS) is 12.4. The van der Waals surface area contributed by atoms with Gasteiger partial charge >= 0.3 is 11.7 Å². The molecule has 1 rings (SSSR count). The number of thiol groups is 1. The number of nitrogens with two attached hydrogens (primary N) is 1. The maximum Gasteiger partial charge on any atom is 0.361 e. The number of aromatic hydroxyl groups is 1. The average molecular weight is 219 g/mol. The maximum absolute atomic E-state index is 11.1. The van der Waals surface area contributed by atoms with Crippen LogP contribution < -0.4 is 16.3 Å². The Labute approximate surface area is 83.8 Å². The van der Waals surface area contributed by atoms with Crippen molar-refractivity contribution in [3.8, 4) is 5.88 Å². The number of nitrogens with zero attached hydrogens (tertiary/aromatic N) is 1. The van der Waals surface area contributed by atoms with Crippen LogP contribution in [0.1, 0.15) is 0 Å². The van der Waals surface area contributed by atoms with Gasteiger partial charge in [-0.1, -0.05) is 0 Å². The quantitative estimate of drug-likeness (QED) is 0.443. The molecule has 0 aliphatic rings. The largest absolute Gasteiger partial charge is 0.493 e. The molecule has 0 saturated heterocycles. The van der Waals surface area contributed by atoms with E-state index in [2.05, 4.69) is 17.5 Å². The molecule has 1 aromatic rings. The van der Waals surface area contributed by atoms with Gasteiger partial charge in [-0.25, -0.2) is 9.59 Å². The second-order valence-corrected chi connectivity index (χ2v) is 2.83. The van der Waals surface area contributed by atoms with Gasteiger partial charge in [0.05, 0.1) is 0 Å². The van der Waals surface area contributed by atoms with Gasteiger partial charge in [-0.05, 0) is 0 Å². The van der Waals surface area contributed by atoms with E-state index in [0.717, 1.165) is 6.20 Å². The molecule has 0 amide bonds. The minimum Gasteiger partial charge on any atom is -0.493 e. The molecule has 1 atom stereocenters. The summed E-state index contributed by atoms with van der Waals surface area (Å²) in [6, 6.07) is -0.915. The van der Waals surface area contributed by atoms with Gasteiger partial charge in [0, 0.05) is 5.75 Å². The van der Waals surface area contributed by atoms with E-state index in [1.165, 1.54) is 0 Å². The Balaban J connectivity index is 2.74. The third-order valence-electron chi connectivity index (χ3n) is 1.36. The molecule has 0 aromatic carbocycles. The zero-order valence-corrected chi connectivity index (χ0v) is 7.90. The lowest BCUT2D eigenvalue weighted by Gasteiger charge is -2.06. The van der Waals surface area contributed by atoms with Crippen molar-refractivity contribution in [3.05, 3.63) is 16.7 Å². The SMILES string of the molecule is NC(CS)C(=O)On1cc(O)[nH]c1=O. The minimum atomic E-state index is -0.915. The zero-order chi connectivity index (χ0) is 10.7. The smallest absolute Gasteiger partial charge is 0.361 e. The van der Waals surface area contributed by atoms with Crippen LogP contribution in [0, 0.1) is 0 Å². The van der Waals surface area contributed by atoms with E-state index in [1.807, 2.05) is 4.98 Å². The highest BCUT2D eigenvalue weighted by Gasteiger charge is 2.15. The molecular formula is C6H9N3O4S. The highest BCUT2D eigenvalue weighted by atomic mass is 32.1. The lowest BCUT2D eigenvalue weighted by Crippen LogP contribution is -2.41. The average Bonchev–Trinajstić information content (AvgIpc) is 2.44. The number of imidazole rings is 1. The number of aromatic amines is 1. The van der Waals surface area contributed by atoms with E-state index >= 15 is 0 Å². The summed E-state index contributed by atoms with van der Waals surface area (Å²) in [5.41, 5.74) is 4.52. The molecule has 7 nitrogen and oxygen atoms in total. The Morgan fingerprint density at radius 2 is 2.50 bits per heavy atom. The Morgan fingerprint density at radius 1 is 1.86 bits per heavy atom. The summed E-state index contributed by atoms with van der Waals surface area (Å²) in [5.74, 6) is -1.10. The van der Waals surface area contributed by atoms with Crippen molar-refractivity contribution in [3.63, 3.8) is 0 Å². The second kappa shape index (κ2) is 4.20. The van der Waals surface area contributed by atoms with E-state index in [1.54, 1.807) is 0 Å². The van der Waals surface area contributed by atoms with Crippen LogP contribution in [0.4, 0.5) is 0 Å². The van der Waals surface area contributed by atoms with Crippen molar-refractivity contribution < 1.29 is 14.7 Å². The Morgan fingerprint density at radius 3 is 2.93 bits per heavy atom. The van der Waals surface area contributed by atoms with Crippen molar-refractivity contribution in [1.82, 2.24) is 9.71 Å². The summed E-state index contributed by atoms with van der Waals surface area (Å²) in [6.07, 6.45) is 0.922. The highest BCUT2D eigenvalue weighted by Crippen LogP contribution is 1.96. The van der Waals surface area contributed by atoms with Crippen LogP contribution >= 0.6 is 12.6 Å². The molecule has 1 aromatic heterocycles. The first kappa shape index (κ1) is 10.7. The lowest BCUT2D eigenvalue weighted by molar-refractivity contribution is -0.145. The highest BCUT2D eigenvalue weighted by molar-refractivity contribution is 7.80. The summed E-state index contributed by atoms with van der Waals surface area (Å²) >= 11 is 3.78. The first-order valence-electron chi connectivity index (χ1n) is 3.64. The van der Waals surface area contributed by atoms with E-state index in [-0.39, 0.29) is 5.75 Å². The molecule has 78 valence electrons. The molecule has 14 heavy (non-hydrogen) atoms. The van der Waals surface area contributed by atoms with Crippen LogP contribution in [0.15, 0.2) is 11.0 Å². The van der Waals surface area contributed by atoms with E-state index in [0.29, 0.717) is 4.73 Å². The predicted octanol–water partition coefficient (Wildman–Crippen LogP) is -1.91. The Hall–Kier alpha value is -1.41.